The van der Waals surface area contributed by atoms with Crippen LogP contribution in [-0.4, -0.2) is 71.3 Å². The summed E-state index contributed by atoms with van der Waals surface area (Å²) in [5, 5.41) is 12.6. The standard InChI is InChI=1S/C30H31N2Si.C26H31N2Si.C26H32NSi2.3C12H10N.3Ir/c1-21(2)17-23-19-27(31-20-30(23)33(3,4)5)22-15-16-29-26(18-22)25-13-9-10-14-28(25)32(29)24-11-7-6-8-12-24;1-7-28-24-11-9-8-10-21(24)22-15-19(12-13-25(22)28)23-16-20(14-18(2)3)26(17-27-23)29(4,5)6;1-18(2)14-20-16-23(27-17-26(20)28(3,4)5)19-12-13-25-22(15-19)21-10-8-9-11-24(21)29(25,6)7;3*1-10-7-8-13-12(9-10)11-5-3-2-4-6-11;;;/h6-14,16,18-21H,17H2,1-5H3;8-11,13,15-18H,7,14H2,1-6H3;8-11,13,15-18H,14H2,1-7H3;3*2-5,7-9H,1H3;;;/q6*-1;;;. The number of aromatic nitrogens is 8. The average Bonchev–Trinajstić information content (AvgIpc) is 1.54. The second-order valence-electron chi connectivity index (χ2n) is 39.3. The zero-order valence-corrected chi connectivity index (χ0v) is 92.2. The van der Waals surface area contributed by atoms with Crippen LogP contribution in [0.2, 0.25) is 72.0 Å². The summed E-state index contributed by atoms with van der Waals surface area (Å²) in [5.74, 6) is 1.89. The Bertz CT molecular complexity index is 6740. The van der Waals surface area contributed by atoms with Gasteiger partial charge in [0.15, 0.2) is 0 Å². The molecular formula is C118H124Ir3N8Si4-6. The SMILES string of the molecule is CC(C)Cc1cc(-c2[c-]cc3c(c2)-c2ccccc2[Si]3(C)C)ncc1[Si](C)(C)C.CC(C)Cc1cc(-c2[c-]cc3c(c2)c2ccccc2n3-c2ccccc2)ncc1[Si](C)(C)C.CCn1c2c[c-]c(-c3cc(CC(C)C)c([Si](C)(C)C)cn3)cc2c2ccccc21.Cc1ccnc(-c2[c-]cccc2)c1.Cc1ccnc(-c2[c-]cccc2)c1.Cc1ccnc(-c2[c-]cccc2)c1.[Ir].[Ir].[Ir]. The largest absolute Gasteiger partial charge is 0.381 e. The molecule has 10 aromatic carbocycles. The molecule has 15 heteroatoms. The number of nitrogens with zero attached hydrogens (tertiary/aromatic N) is 8. The predicted octanol–water partition coefficient (Wildman–Crippen LogP) is 27.5. The first-order chi connectivity index (χ1) is 62.3. The summed E-state index contributed by atoms with van der Waals surface area (Å²) in [7, 11) is -5.92. The Morgan fingerprint density at radius 1 is 0.316 bits per heavy atom. The molecule has 3 radical (unpaired) electrons. The van der Waals surface area contributed by atoms with Gasteiger partial charge in [-0.15, -0.1) is 184 Å². The quantitative estimate of drug-likeness (QED) is 0.0667. The molecule has 0 unspecified atom stereocenters. The number of fused-ring (bicyclic) bond motifs is 9. The summed E-state index contributed by atoms with van der Waals surface area (Å²) >= 11 is 0. The number of pyridine rings is 6. The van der Waals surface area contributed by atoms with E-state index in [2.05, 4.69) is 396 Å². The third-order valence-corrected chi connectivity index (χ3v) is 33.7. The first kappa shape index (κ1) is 103. The number of hydrogen-bond acceptors (Lipinski definition) is 6. The second kappa shape index (κ2) is 45.7. The van der Waals surface area contributed by atoms with Crippen molar-refractivity contribution in [2.45, 2.75) is 167 Å². The van der Waals surface area contributed by atoms with E-state index in [0.29, 0.717) is 17.8 Å². The molecule has 8 aromatic heterocycles. The van der Waals surface area contributed by atoms with Crippen molar-refractivity contribution in [1.29, 1.82) is 0 Å². The van der Waals surface area contributed by atoms with Crippen LogP contribution in [0.15, 0.2) is 304 Å². The Hall–Kier alpha value is -10.5. The van der Waals surface area contributed by atoms with Crippen LogP contribution in [0.25, 0.3) is 128 Å². The molecule has 8 nitrogen and oxygen atoms in total. The van der Waals surface area contributed by atoms with Crippen LogP contribution in [0.4, 0.5) is 0 Å². The summed E-state index contributed by atoms with van der Waals surface area (Å²) in [6.07, 6.45) is 15.2. The van der Waals surface area contributed by atoms with E-state index in [0.717, 1.165) is 93.4 Å². The molecule has 0 bridgehead atoms. The molecule has 9 heterocycles. The van der Waals surface area contributed by atoms with E-state index in [9.17, 15) is 0 Å². The minimum Gasteiger partial charge on any atom is -0.381 e. The van der Waals surface area contributed by atoms with Crippen LogP contribution >= 0.6 is 0 Å². The van der Waals surface area contributed by atoms with E-state index in [-0.39, 0.29) is 60.3 Å². The monoisotopic (exact) mass is 2340 g/mol. The van der Waals surface area contributed by atoms with E-state index in [1.54, 1.807) is 5.19 Å². The Balaban J connectivity index is 0.000000159. The fourth-order valence-corrected chi connectivity index (χ4v) is 25.4. The molecule has 685 valence electrons. The third kappa shape index (κ3) is 25.2. The molecule has 0 spiro atoms. The van der Waals surface area contributed by atoms with Gasteiger partial charge in [0.05, 0.1) is 32.3 Å². The van der Waals surface area contributed by atoms with Crippen molar-refractivity contribution in [3.8, 4) is 84.4 Å². The molecule has 1 aliphatic rings. The zero-order valence-electron chi connectivity index (χ0n) is 81.0. The summed E-state index contributed by atoms with van der Waals surface area (Å²) in [6.45, 7) is 49.7. The Kier molecular flexibility index (Phi) is 35.4. The number of rotatable bonds is 17. The maximum atomic E-state index is 4.93. The predicted molar refractivity (Wildman–Crippen MR) is 565 cm³/mol. The fourth-order valence-electron chi connectivity index (χ4n) is 17.7. The van der Waals surface area contributed by atoms with Crippen molar-refractivity contribution < 1.29 is 60.3 Å². The van der Waals surface area contributed by atoms with Crippen LogP contribution in [0.1, 0.15) is 81.8 Å². The number of aryl methyl sites for hydroxylation is 4. The molecule has 133 heavy (non-hydrogen) atoms. The van der Waals surface area contributed by atoms with Gasteiger partial charge in [-0.05, 0) is 184 Å². The van der Waals surface area contributed by atoms with Crippen molar-refractivity contribution in [2.24, 2.45) is 17.8 Å². The van der Waals surface area contributed by atoms with Crippen LogP contribution in [0.3, 0.4) is 0 Å². The average molecular weight is 2340 g/mol. The van der Waals surface area contributed by atoms with Gasteiger partial charge in [-0.25, -0.2) is 0 Å². The Morgan fingerprint density at radius 2 is 0.669 bits per heavy atom. The van der Waals surface area contributed by atoms with Crippen LogP contribution < -0.4 is 25.9 Å². The maximum Gasteiger partial charge on any atom is 0.0798 e. The summed E-state index contributed by atoms with van der Waals surface area (Å²) in [4.78, 5) is 27.6. The van der Waals surface area contributed by atoms with Gasteiger partial charge in [-0.2, -0.15) is 0 Å². The van der Waals surface area contributed by atoms with Gasteiger partial charge in [0.2, 0.25) is 0 Å². The van der Waals surface area contributed by atoms with E-state index < -0.39 is 32.3 Å². The Labute approximate surface area is 836 Å². The number of para-hydroxylation sites is 3. The fraction of sp³-hybridized carbons (Fsp3) is 0.237. The molecule has 0 saturated carbocycles. The van der Waals surface area contributed by atoms with Crippen molar-refractivity contribution in [3.63, 3.8) is 0 Å². The number of hydrogen-bond donors (Lipinski definition) is 0. The first-order valence-electron chi connectivity index (χ1n) is 46.1. The van der Waals surface area contributed by atoms with Gasteiger partial charge < -0.3 is 39.0 Å². The first-order valence-corrected chi connectivity index (χ1v) is 59.6. The summed E-state index contributed by atoms with van der Waals surface area (Å²) in [5.41, 5.74) is 29.5. The van der Waals surface area contributed by atoms with E-state index >= 15 is 0 Å². The summed E-state index contributed by atoms with van der Waals surface area (Å²) in [6, 6.07) is 113. The van der Waals surface area contributed by atoms with E-state index in [1.807, 2.05) is 110 Å². The van der Waals surface area contributed by atoms with Gasteiger partial charge in [-0.3, -0.25) is 0 Å². The topological polar surface area (TPSA) is 87.2 Å². The molecule has 0 atom stereocenters. The molecule has 1 aliphatic heterocycles. The summed E-state index contributed by atoms with van der Waals surface area (Å²) < 4.78 is 4.70. The Morgan fingerprint density at radius 3 is 1.07 bits per heavy atom. The minimum atomic E-state index is -1.62. The third-order valence-electron chi connectivity index (χ3n) is 24.0. The molecule has 0 amide bonds. The van der Waals surface area contributed by atoms with Gasteiger partial charge in [0, 0.05) is 121 Å². The van der Waals surface area contributed by atoms with E-state index in [1.165, 1.54) is 115 Å². The molecule has 18 aromatic rings. The number of benzene rings is 10. The van der Waals surface area contributed by atoms with Crippen molar-refractivity contribution in [2.75, 3.05) is 0 Å². The smallest absolute Gasteiger partial charge is 0.0798 e. The van der Waals surface area contributed by atoms with Crippen LogP contribution in [-0.2, 0) is 86.1 Å². The molecular weight excluding hydrogens is 2220 g/mol. The van der Waals surface area contributed by atoms with Crippen molar-refractivity contribution >= 4 is 102 Å². The van der Waals surface area contributed by atoms with Crippen molar-refractivity contribution in [1.82, 2.24) is 39.0 Å². The van der Waals surface area contributed by atoms with Crippen molar-refractivity contribution in [3.05, 3.63) is 374 Å². The molecule has 0 fully saturated rings. The van der Waals surface area contributed by atoms with Gasteiger partial charge in [0.1, 0.15) is 0 Å². The minimum absolute atomic E-state index is 0. The molecule has 0 N–H and O–H groups in total. The van der Waals surface area contributed by atoms with Crippen LogP contribution in [0, 0.1) is 74.9 Å². The van der Waals surface area contributed by atoms with Gasteiger partial charge in [-0.1, -0.05) is 284 Å². The zero-order chi connectivity index (χ0) is 92.2. The van der Waals surface area contributed by atoms with Gasteiger partial charge in [0.25, 0.3) is 0 Å². The second-order valence-corrected chi connectivity index (χ2v) is 58.7. The molecule has 0 saturated heterocycles. The normalized spacial score (nSPS) is 11.8. The molecule has 0 aliphatic carbocycles. The molecule has 19 rings (SSSR count). The van der Waals surface area contributed by atoms with E-state index in [4.69, 9.17) is 15.0 Å². The van der Waals surface area contributed by atoms with Crippen LogP contribution in [0.5, 0.6) is 0 Å². The van der Waals surface area contributed by atoms with Gasteiger partial charge >= 0.3 is 0 Å². The maximum absolute atomic E-state index is 4.93.